The van der Waals surface area contributed by atoms with E-state index in [2.05, 4.69) is 0 Å². The van der Waals surface area contributed by atoms with Crippen molar-refractivity contribution in [1.82, 2.24) is 0 Å². The topological polar surface area (TPSA) is 43.4 Å². The van der Waals surface area contributed by atoms with Gasteiger partial charge in [0.15, 0.2) is 0 Å². The van der Waals surface area contributed by atoms with Crippen molar-refractivity contribution in [3.63, 3.8) is 0 Å². The first-order valence-electron chi connectivity index (χ1n) is 5.35. The van der Waals surface area contributed by atoms with E-state index in [4.69, 9.17) is 4.74 Å². The first kappa shape index (κ1) is 9.84. The Hall–Kier alpha value is -0.700. The van der Waals surface area contributed by atoms with E-state index >= 15 is 0 Å². The van der Waals surface area contributed by atoms with Crippen LogP contribution in [0.1, 0.15) is 26.2 Å². The van der Waals surface area contributed by atoms with Gasteiger partial charge in [-0.3, -0.25) is 9.59 Å². The third-order valence-electron chi connectivity index (χ3n) is 3.17. The van der Waals surface area contributed by atoms with Gasteiger partial charge in [0.25, 0.3) is 0 Å². The molecule has 0 radical (unpaired) electrons. The second-order valence-corrected chi connectivity index (χ2v) is 4.36. The summed E-state index contributed by atoms with van der Waals surface area (Å²) in [5.74, 6) is 0.0273. The summed E-state index contributed by atoms with van der Waals surface area (Å²) in [5, 5.41) is 0. The summed E-state index contributed by atoms with van der Waals surface area (Å²) in [6.07, 6.45) is 2.76. The number of carbonyl (C=O) groups is 2. The van der Waals surface area contributed by atoms with Gasteiger partial charge in [0.05, 0.1) is 12.5 Å². The summed E-state index contributed by atoms with van der Waals surface area (Å²) in [7, 11) is 0. The molecule has 2 unspecified atom stereocenters. The van der Waals surface area contributed by atoms with Gasteiger partial charge >= 0.3 is 0 Å². The van der Waals surface area contributed by atoms with E-state index < -0.39 is 5.92 Å². The monoisotopic (exact) mass is 196 g/mol. The largest absolute Gasteiger partial charge is 0.381 e. The summed E-state index contributed by atoms with van der Waals surface area (Å²) >= 11 is 0. The zero-order valence-corrected chi connectivity index (χ0v) is 8.49. The third kappa shape index (κ3) is 1.87. The van der Waals surface area contributed by atoms with Crippen LogP contribution in [0.5, 0.6) is 0 Å². The van der Waals surface area contributed by atoms with Crippen molar-refractivity contribution in [2.24, 2.45) is 17.8 Å². The number of Topliss-reactive ketones (excluding diaryl/α,β-unsaturated/α-hetero) is 2. The highest BCUT2D eigenvalue weighted by Gasteiger charge is 2.38. The van der Waals surface area contributed by atoms with Gasteiger partial charge in [0, 0.05) is 18.4 Å². The minimum absolute atomic E-state index is 0.0206. The van der Waals surface area contributed by atoms with Gasteiger partial charge in [-0.05, 0) is 26.2 Å². The lowest BCUT2D eigenvalue weighted by Gasteiger charge is -2.12. The lowest BCUT2D eigenvalue weighted by Crippen LogP contribution is -2.28. The lowest BCUT2D eigenvalue weighted by molar-refractivity contribution is -0.135. The Kier molecular flexibility index (Phi) is 2.68. The fourth-order valence-corrected chi connectivity index (χ4v) is 1.97. The lowest BCUT2D eigenvalue weighted by atomic mass is 9.89. The SMILES string of the molecule is CC(C(=O)C1CC1)C(=O)C1CCOC1. The van der Waals surface area contributed by atoms with Gasteiger partial charge in [0.1, 0.15) is 11.6 Å². The van der Waals surface area contributed by atoms with E-state index in [-0.39, 0.29) is 23.4 Å². The van der Waals surface area contributed by atoms with Crippen LogP contribution in [0, 0.1) is 17.8 Å². The number of carbonyl (C=O) groups excluding carboxylic acids is 2. The van der Waals surface area contributed by atoms with Crippen molar-refractivity contribution in [3.8, 4) is 0 Å². The molecule has 1 aliphatic carbocycles. The molecule has 2 aliphatic rings. The van der Waals surface area contributed by atoms with Crippen molar-refractivity contribution < 1.29 is 14.3 Å². The van der Waals surface area contributed by atoms with Crippen molar-refractivity contribution in [3.05, 3.63) is 0 Å². The molecule has 78 valence electrons. The van der Waals surface area contributed by atoms with E-state index in [9.17, 15) is 9.59 Å². The van der Waals surface area contributed by atoms with E-state index in [0.717, 1.165) is 19.3 Å². The van der Waals surface area contributed by atoms with Gasteiger partial charge in [-0.2, -0.15) is 0 Å². The van der Waals surface area contributed by atoms with Crippen LogP contribution in [0.25, 0.3) is 0 Å². The molecule has 1 saturated heterocycles. The molecule has 0 bridgehead atoms. The van der Waals surface area contributed by atoms with E-state index in [1.165, 1.54) is 0 Å². The number of rotatable bonds is 4. The quantitative estimate of drug-likeness (QED) is 0.635. The molecule has 2 atom stereocenters. The Labute approximate surface area is 83.8 Å². The highest BCUT2D eigenvalue weighted by atomic mass is 16.5. The summed E-state index contributed by atoms with van der Waals surface area (Å²) in [5.41, 5.74) is 0. The van der Waals surface area contributed by atoms with Gasteiger partial charge in [-0.25, -0.2) is 0 Å². The Morgan fingerprint density at radius 3 is 2.29 bits per heavy atom. The molecule has 0 N–H and O–H groups in total. The molecule has 1 aliphatic heterocycles. The molecule has 1 heterocycles. The molecule has 3 heteroatoms. The average Bonchev–Trinajstić information content (AvgIpc) is 2.90. The Morgan fingerprint density at radius 2 is 1.79 bits per heavy atom. The van der Waals surface area contributed by atoms with Gasteiger partial charge in [-0.15, -0.1) is 0 Å². The summed E-state index contributed by atoms with van der Waals surface area (Å²) in [6.45, 7) is 2.93. The predicted molar refractivity (Wildman–Crippen MR) is 50.8 cm³/mol. The smallest absolute Gasteiger partial charge is 0.148 e. The van der Waals surface area contributed by atoms with Crippen LogP contribution >= 0.6 is 0 Å². The van der Waals surface area contributed by atoms with Gasteiger partial charge < -0.3 is 4.74 Å². The minimum Gasteiger partial charge on any atom is -0.381 e. The molecule has 3 nitrogen and oxygen atoms in total. The van der Waals surface area contributed by atoms with Gasteiger partial charge in [0.2, 0.25) is 0 Å². The molecule has 14 heavy (non-hydrogen) atoms. The molecule has 0 aromatic rings. The standard InChI is InChI=1S/C11H16O3/c1-7(10(12)8-2-3-8)11(13)9-4-5-14-6-9/h7-9H,2-6H2,1H3. The Bertz CT molecular complexity index is 249. The van der Waals surface area contributed by atoms with Crippen molar-refractivity contribution in [1.29, 1.82) is 0 Å². The Balaban J connectivity index is 1.92. The highest BCUT2D eigenvalue weighted by Crippen LogP contribution is 2.33. The third-order valence-corrected chi connectivity index (χ3v) is 3.17. The Morgan fingerprint density at radius 1 is 1.14 bits per heavy atom. The molecule has 0 amide bonds. The van der Waals surface area contributed by atoms with Crippen LogP contribution < -0.4 is 0 Å². The first-order chi connectivity index (χ1) is 6.70. The number of hydrogen-bond acceptors (Lipinski definition) is 3. The number of hydrogen-bond donors (Lipinski definition) is 0. The van der Waals surface area contributed by atoms with E-state index in [0.29, 0.717) is 13.2 Å². The maximum Gasteiger partial charge on any atom is 0.148 e. The summed E-state index contributed by atoms with van der Waals surface area (Å²) in [6, 6.07) is 0. The van der Waals surface area contributed by atoms with Crippen LogP contribution in [0.4, 0.5) is 0 Å². The van der Waals surface area contributed by atoms with Crippen LogP contribution in [-0.4, -0.2) is 24.8 Å². The second kappa shape index (κ2) is 3.81. The van der Waals surface area contributed by atoms with Crippen LogP contribution in [-0.2, 0) is 14.3 Å². The zero-order valence-electron chi connectivity index (χ0n) is 8.49. The first-order valence-corrected chi connectivity index (χ1v) is 5.35. The summed E-state index contributed by atoms with van der Waals surface area (Å²) < 4.78 is 5.15. The number of ketones is 2. The maximum absolute atomic E-state index is 11.8. The van der Waals surface area contributed by atoms with Crippen LogP contribution in [0.2, 0.25) is 0 Å². The summed E-state index contributed by atoms with van der Waals surface area (Å²) in [4.78, 5) is 23.5. The molecule has 2 fully saturated rings. The minimum atomic E-state index is -0.394. The average molecular weight is 196 g/mol. The molecule has 2 rings (SSSR count). The predicted octanol–water partition coefficient (Wildman–Crippen LogP) is 1.21. The highest BCUT2D eigenvalue weighted by molar-refractivity contribution is 6.04. The normalized spacial score (nSPS) is 28.8. The molecule has 0 spiro atoms. The van der Waals surface area contributed by atoms with E-state index in [1.54, 1.807) is 6.92 Å². The van der Waals surface area contributed by atoms with Crippen molar-refractivity contribution >= 4 is 11.6 Å². The van der Waals surface area contributed by atoms with E-state index in [1.807, 2.05) is 0 Å². The fourth-order valence-electron chi connectivity index (χ4n) is 1.97. The maximum atomic E-state index is 11.8. The molecule has 0 aromatic carbocycles. The van der Waals surface area contributed by atoms with Crippen molar-refractivity contribution in [2.45, 2.75) is 26.2 Å². The van der Waals surface area contributed by atoms with Gasteiger partial charge in [-0.1, -0.05) is 0 Å². The molecular formula is C11H16O3. The number of ether oxygens (including phenoxy) is 1. The zero-order chi connectivity index (χ0) is 10.1. The van der Waals surface area contributed by atoms with Crippen molar-refractivity contribution in [2.75, 3.05) is 13.2 Å². The molecule has 0 aromatic heterocycles. The second-order valence-electron chi connectivity index (χ2n) is 4.36. The van der Waals surface area contributed by atoms with Crippen LogP contribution in [0.3, 0.4) is 0 Å². The fraction of sp³-hybridized carbons (Fsp3) is 0.818. The molecular weight excluding hydrogens is 180 g/mol. The van der Waals surface area contributed by atoms with Crippen LogP contribution in [0.15, 0.2) is 0 Å². The molecule has 1 saturated carbocycles.